The lowest BCUT2D eigenvalue weighted by atomic mass is 9.94. The Morgan fingerprint density at radius 3 is 2.90 bits per heavy atom. The average Bonchev–Trinajstić information content (AvgIpc) is 2.86. The van der Waals surface area contributed by atoms with E-state index < -0.39 is 0 Å². The molecule has 0 saturated heterocycles. The standard InChI is InChI=1S/C14H24N4O2/c1-10-13(9-17-18-10)14(19)16-7-2-8-20-12-5-3-11(15)4-6-12/h9,11-12H,2-8,15H2,1H3,(H,16,19)(H,17,18). The summed E-state index contributed by atoms with van der Waals surface area (Å²) in [6.45, 7) is 3.14. The first-order valence-corrected chi connectivity index (χ1v) is 7.32. The molecule has 0 radical (unpaired) electrons. The van der Waals surface area contributed by atoms with Crippen molar-refractivity contribution in [2.24, 2.45) is 5.73 Å². The van der Waals surface area contributed by atoms with E-state index in [4.69, 9.17) is 10.5 Å². The molecule has 1 aliphatic rings. The molecule has 1 aliphatic carbocycles. The molecule has 1 aromatic rings. The highest BCUT2D eigenvalue weighted by Gasteiger charge is 2.18. The summed E-state index contributed by atoms with van der Waals surface area (Å²) in [5, 5.41) is 9.46. The molecule has 4 N–H and O–H groups in total. The van der Waals surface area contributed by atoms with Gasteiger partial charge in [-0.05, 0) is 39.0 Å². The third kappa shape index (κ3) is 4.31. The molecule has 1 aromatic heterocycles. The summed E-state index contributed by atoms with van der Waals surface area (Å²) in [6.07, 6.45) is 6.95. The molecule has 0 spiro atoms. The summed E-state index contributed by atoms with van der Waals surface area (Å²) in [4.78, 5) is 11.8. The number of hydrogen-bond donors (Lipinski definition) is 3. The zero-order valence-corrected chi connectivity index (χ0v) is 12.0. The third-order valence-electron chi connectivity index (χ3n) is 3.75. The number of nitrogens with zero attached hydrogens (tertiary/aromatic N) is 1. The monoisotopic (exact) mass is 280 g/mol. The van der Waals surface area contributed by atoms with Gasteiger partial charge in [0.05, 0.1) is 17.9 Å². The minimum atomic E-state index is -0.0834. The number of H-pyrrole nitrogens is 1. The van der Waals surface area contributed by atoms with Crippen molar-refractivity contribution in [1.82, 2.24) is 15.5 Å². The van der Waals surface area contributed by atoms with Crippen molar-refractivity contribution >= 4 is 5.91 Å². The van der Waals surface area contributed by atoms with Gasteiger partial charge in [0.2, 0.25) is 0 Å². The molecule has 112 valence electrons. The summed E-state index contributed by atoms with van der Waals surface area (Å²) >= 11 is 0. The number of aryl methyl sites for hydroxylation is 1. The molecule has 0 aromatic carbocycles. The maximum absolute atomic E-state index is 11.8. The highest BCUT2D eigenvalue weighted by molar-refractivity contribution is 5.94. The van der Waals surface area contributed by atoms with Gasteiger partial charge in [-0.25, -0.2) is 0 Å². The Balaban J connectivity index is 1.56. The second kappa shape index (κ2) is 7.40. The number of aromatic nitrogens is 2. The van der Waals surface area contributed by atoms with Gasteiger partial charge in [-0.1, -0.05) is 0 Å². The predicted molar refractivity (Wildman–Crippen MR) is 76.5 cm³/mol. The Bertz CT molecular complexity index is 425. The summed E-state index contributed by atoms with van der Waals surface area (Å²) in [6, 6.07) is 0.354. The molecule has 0 aliphatic heterocycles. The second-order valence-electron chi connectivity index (χ2n) is 5.43. The van der Waals surface area contributed by atoms with Crippen molar-refractivity contribution in [3.05, 3.63) is 17.5 Å². The molecule has 1 heterocycles. The Labute approximate surface area is 119 Å². The first-order valence-electron chi connectivity index (χ1n) is 7.32. The molecule has 2 rings (SSSR count). The van der Waals surface area contributed by atoms with Crippen LogP contribution >= 0.6 is 0 Å². The van der Waals surface area contributed by atoms with E-state index in [9.17, 15) is 4.79 Å². The fourth-order valence-electron chi connectivity index (χ4n) is 2.45. The first kappa shape index (κ1) is 15.0. The van der Waals surface area contributed by atoms with E-state index in [1.54, 1.807) is 6.20 Å². The van der Waals surface area contributed by atoms with E-state index in [1.165, 1.54) is 0 Å². The highest BCUT2D eigenvalue weighted by atomic mass is 16.5. The number of amides is 1. The molecular weight excluding hydrogens is 256 g/mol. The minimum Gasteiger partial charge on any atom is -0.378 e. The van der Waals surface area contributed by atoms with Crippen LogP contribution in [0.15, 0.2) is 6.20 Å². The normalized spacial score (nSPS) is 22.7. The molecule has 1 fully saturated rings. The summed E-state index contributed by atoms with van der Waals surface area (Å²) in [5.41, 5.74) is 7.25. The van der Waals surface area contributed by atoms with Crippen LogP contribution in [0.25, 0.3) is 0 Å². The second-order valence-corrected chi connectivity index (χ2v) is 5.43. The summed E-state index contributed by atoms with van der Waals surface area (Å²) < 4.78 is 5.80. The van der Waals surface area contributed by atoms with Crippen LogP contribution in [0.4, 0.5) is 0 Å². The van der Waals surface area contributed by atoms with E-state index in [-0.39, 0.29) is 5.91 Å². The number of hydrogen-bond acceptors (Lipinski definition) is 4. The predicted octanol–water partition coefficient (Wildman–Crippen LogP) is 1.12. The van der Waals surface area contributed by atoms with Gasteiger partial charge in [0.25, 0.3) is 5.91 Å². The van der Waals surface area contributed by atoms with Gasteiger partial charge in [-0.3, -0.25) is 9.89 Å². The van der Waals surface area contributed by atoms with Gasteiger partial charge in [0, 0.05) is 24.9 Å². The quantitative estimate of drug-likeness (QED) is 0.681. The van der Waals surface area contributed by atoms with Crippen LogP contribution in [0.3, 0.4) is 0 Å². The van der Waals surface area contributed by atoms with Crippen LogP contribution in [0, 0.1) is 6.92 Å². The molecule has 1 saturated carbocycles. The van der Waals surface area contributed by atoms with Crippen molar-refractivity contribution in [2.75, 3.05) is 13.2 Å². The molecule has 20 heavy (non-hydrogen) atoms. The molecule has 0 unspecified atom stereocenters. The lowest BCUT2D eigenvalue weighted by Crippen LogP contribution is -2.31. The topological polar surface area (TPSA) is 93.0 Å². The van der Waals surface area contributed by atoms with Gasteiger partial charge in [-0.15, -0.1) is 0 Å². The Hall–Kier alpha value is -1.40. The highest BCUT2D eigenvalue weighted by Crippen LogP contribution is 2.19. The fraction of sp³-hybridized carbons (Fsp3) is 0.714. The van der Waals surface area contributed by atoms with Gasteiger partial charge in [-0.2, -0.15) is 5.10 Å². The van der Waals surface area contributed by atoms with Crippen molar-refractivity contribution in [3.8, 4) is 0 Å². The number of ether oxygens (including phenoxy) is 1. The fourth-order valence-corrected chi connectivity index (χ4v) is 2.45. The molecule has 0 atom stereocenters. The maximum atomic E-state index is 11.8. The van der Waals surface area contributed by atoms with E-state index in [0.717, 1.165) is 37.8 Å². The van der Waals surface area contributed by atoms with Gasteiger partial charge >= 0.3 is 0 Å². The molecule has 6 heteroatoms. The minimum absolute atomic E-state index is 0.0834. The number of carbonyl (C=O) groups is 1. The van der Waals surface area contributed by atoms with Crippen LogP contribution in [-0.2, 0) is 4.74 Å². The molecule has 6 nitrogen and oxygen atoms in total. The van der Waals surface area contributed by atoms with Crippen molar-refractivity contribution in [1.29, 1.82) is 0 Å². The van der Waals surface area contributed by atoms with E-state index >= 15 is 0 Å². The average molecular weight is 280 g/mol. The zero-order chi connectivity index (χ0) is 14.4. The Kier molecular flexibility index (Phi) is 5.55. The Morgan fingerprint density at radius 2 is 2.25 bits per heavy atom. The molecule has 0 bridgehead atoms. The molecule has 1 amide bonds. The largest absolute Gasteiger partial charge is 0.378 e. The van der Waals surface area contributed by atoms with Crippen molar-refractivity contribution in [3.63, 3.8) is 0 Å². The van der Waals surface area contributed by atoms with Gasteiger partial charge in [0.15, 0.2) is 0 Å². The van der Waals surface area contributed by atoms with Crippen molar-refractivity contribution < 1.29 is 9.53 Å². The molecular formula is C14H24N4O2. The van der Waals surface area contributed by atoms with E-state index in [1.807, 2.05) is 6.92 Å². The lowest BCUT2D eigenvalue weighted by molar-refractivity contribution is 0.0241. The number of nitrogens with one attached hydrogen (secondary N) is 2. The van der Waals surface area contributed by atoms with Crippen molar-refractivity contribution in [2.45, 2.75) is 51.2 Å². The summed E-state index contributed by atoms with van der Waals surface area (Å²) in [5.74, 6) is -0.0834. The van der Waals surface area contributed by atoms with Gasteiger partial charge < -0.3 is 15.8 Å². The van der Waals surface area contributed by atoms with Crippen LogP contribution in [0.1, 0.15) is 48.2 Å². The van der Waals surface area contributed by atoms with Crippen LogP contribution in [0.5, 0.6) is 0 Å². The third-order valence-corrected chi connectivity index (χ3v) is 3.75. The van der Waals surface area contributed by atoms with Gasteiger partial charge in [0.1, 0.15) is 0 Å². The van der Waals surface area contributed by atoms with Crippen LogP contribution in [0.2, 0.25) is 0 Å². The lowest BCUT2D eigenvalue weighted by Gasteiger charge is -2.26. The van der Waals surface area contributed by atoms with E-state index in [2.05, 4.69) is 15.5 Å². The zero-order valence-electron chi connectivity index (χ0n) is 12.0. The summed E-state index contributed by atoms with van der Waals surface area (Å²) in [7, 11) is 0. The van der Waals surface area contributed by atoms with Crippen LogP contribution in [-0.4, -0.2) is 41.4 Å². The number of nitrogens with two attached hydrogens (primary N) is 1. The first-order chi connectivity index (χ1) is 9.66. The van der Waals surface area contributed by atoms with E-state index in [0.29, 0.717) is 30.9 Å². The number of carbonyl (C=O) groups excluding carboxylic acids is 1. The maximum Gasteiger partial charge on any atom is 0.254 e. The van der Waals surface area contributed by atoms with Crippen LogP contribution < -0.4 is 11.1 Å². The number of rotatable bonds is 6. The smallest absolute Gasteiger partial charge is 0.254 e. The number of aromatic amines is 1. The Morgan fingerprint density at radius 1 is 1.50 bits per heavy atom. The SMILES string of the molecule is Cc1[nH]ncc1C(=O)NCCCOC1CCC(N)CC1.